The van der Waals surface area contributed by atoms with Gasteiger partial charge in [0.2, 0.25) is 0 Å². The lowest BCUT2D eigenvalue weighted by Crippen LogP contribution is -2.45. The van der Waals surface area contributed by atoms with Crippen molar-refractivity contribution in [3.8, 4) is 0 Å². The van der Waals surface area contributed by atoms with Crippen molar-refractivity contribution in [2.75, 3.05) is 26.3 Å². The molecule has 0 radical (unpaired) electrons. The molecule has 1 aromatic rings. The third kappa shape index (κ3) is 4.14. The second-order valence-corrected chi connectivity index (χ2v) is 9.23. The van der Waals surface area contributed by atoms with Crippen molar-refractivity contribution < 1.29 is 14.9 Å². The summed E-state index contributed by atoms with van der Waals surface area (Å²) in [6.45, 7) is 9.27. The van der Waals surface area contributed by atoms with Gasteiger partial charge in [-0.3, -0.25) is 4.90 Å². The Hall–Kier alpha value is -0.940. The fraction of sp³-hybridized carbons (Fsp3) is 0.727. The summed E-state index contributed by atoms with van der Waals surface area (Å²) < 4.78 is 6.31. The van der Waals surface area contributed by atoms with Crippen molar-refractivity contribution in [1.82, 2.24) is 4.90 Å². The van der Waals surface area contributed by atoms with E-state index in [0.717, 1.165) is 12.5 Å². The van der Waals surface area contributed by atoms with E-state index in [2.05, 4.69) is 37.8 Å². The zero-order valence-electron chi connectivity index (χ0n) is 16.5. The molecule has 4 nitrogen and oxygen atoms in total. The molecule has 1 aromatic carbocycles. The van der Waals surface area contributed by atoms with Crippen LogP contribution in [0.1, 0.15) is 45.6 Å². The van der Waals surface area contributed by atoms with Gasteiger partial charge in [0.25, 0.3) is 0 Å². The summed E-state index contributed by atoms with van der Waals surface area (Å²) in [7, 11) is 0. The Labute approximate surface area is 158 Å². The summed E-state index contributed by atoms with van der Waals surface area (Å²) in [6, 6.07) is 10.2. The summed E-state index contributed by atoms with van der Waals surface area (Å²) >= 11 is 0. The molecule has 0 saturated heterocycles. The van der Waals surface area contributed by atoms with Crippen molar-refractivity contribution in [3.05, 3.63) is 35.9 Å². The van der Waals surface area contributed by atoms with Crippen LogP contribution in [0, 0.1) is 16.7 Å². The summed E-state index contributed by atoms with van der Waals surface area (Å²) in [6.07, 6.45) is 3.50. The maximum absolute atomic E-state index is 10.6. The molecule has 4 atom stereocenters. The van der Waals surface area contributed by atoms with E-state index >= 15 is 0 Å². The highest BCUT2D eigenvalue weighted by Gasteiger charge is 2.60. The minimum Gasteiger partial charge on any atom is -0.395 e. The van der Waals surface area contributed by atoms with Gasteiger partial charge >= 0.3 is 0 Å². The van der Waals surface area contributed by atoms with E-state index in [-0.39, 0.29) is 23.5 Å². The molecule has 2 aliphatic carbocycles. The molecule has 0 unspecified atom stereocenters. The fourth-order valence-corrected chi connectivity index (χ4v) is 5.45. The highest BCUT2D eigenvalue weighted by atomic mass is 16.5. The van der Waals surface area contributed by atoms with Gasteiger partial charge in [0, 0.05) is 19.6 Å². The Kier molecular flexibility index (Phi) is 6.07. The molecule has 26 heavy (non-hydrogen) atoms. The first-order valence-corrected chi connectivity index (χ1v) is 10.0. The molecular formula is C22H35NO3. The Morgan fingerprint density at radius 2 is 1.96 bits per heavy atom. The van der Waals surface area contributed by atoms with Gasteiger partial charge in [0.1, 0.15) is 0 Å². The molecule has 3 rings (SSSR count). The summed E-state index contributed by atoms with van der Waals surface area (Å²) in [5.41, 5.74) is 1.65. The van der Waals surface area contributed by atoms with Crippen LogP contribution in [0.3, 0.4) is 0 Å². The number of nitrogens with zero attached hydrogens (tertiary/aromatic N) is 1. The number of fused-ring (bicyclic) bond motifs is 2. The third-order valence-corrected chi connectivity index (χ3v) is 6.73. The van der Waals surface area contributed by atoms with Crippen molar-refractivity contribution in [3.63, 3.8) is 0 Å². The standard InChI is InChI=1S/C22H35NO3/c1-21(2)18-9-10-22(3,13-18)20(21)26-16-19(25)15-23(11-12-24)14-17-7-5-4-6-8-17/h4-8,18-20,24-25H,9-16H2,1-3H3/t18-,19-,20+,22+/m0/s1. The molecule has 0 amide bonds. The normalized spacial score (nSPS) is 30.8. The SMILES string of the molecule is CC1(C)[C@H]2CC[C@](C)(C2)[C@@H]1OC[C@@H](O)CN(CCO)Cc1ccccc1. The van der Waals surface area contributed by atoms with Gasteiger partial charge in [0.15, 0.2) is 0 Å². The van der Waals surface area contributed by atoms with Gasteiger partial charge < -0.3 is 14.9 Å². The Morgan fingerprint density at radius 1 is 1.23 bits per heavy atom. The number of hydrogen-bond acceptors (Lipinski definition) is 4. The van der Waals surface area contributed by atoms with Crippen molar-refractivity contribution in [2.24, 2.45) is 16.7 Å². The van der Waals surface area contributed by atoms with Gasteiger partial charge in [-0.25, -0.2) is 0 Å². The number of benzene rings is 1. The average Bonchev–Trinajstić information content (AvgIpc) is 3.06. The number of aliphatic hydroxyl groups excluding tert-OH is 2. The fourth-order valence-electron chi connectivity index (χ4n) is 5.45. The molecule has 2 bridgehead atoms. The zero-order chi connectivity index (χ0) is 18.8. The predicted molar refractivity (Wildman–Crippen MR) is 104 cm³/mol. The van der Waals surface area contributed by atoms with E-state index < -0.39 is 6.10 Å². The maximum atomic E-state index is 10.6. The monoisotopic (exact) mass is 361 g/mol. The Bertz CT molecular complexity index is 571. The highest BCUT2D eigenvalue weighted by molar-refractivity contribution is 5.14. The molecule has 2 saturated carbocycles. The van der Waals surface area contributed by atoms with Crippen LogP contribution in [0.15, 0.2) is 30.3 Å². The van der Waals surface area contributed by atoms with Crippen LogP contribution in [-0.4, -0.2) is 53.6 Å². The van der Waals surface area contributed by atoms with Gasteiger partial charge in [-0.1, -0.05) is 51.1 Å². The second kappa shape index (κ2) is 7.97. The molecule has 2 fully saturated rings. The molecule has 2 aliphatic rings. The zero-order valence-corrected chi connectivity index (χ0v) is 16.5. The molecule has 0 spiro atoms. The van der Waals surface area contributed by atoms with E-state index in [1.54, 1.807) is 0 Å². The molecule has 2 N–H and O–H groups in total. The number of ether oxygens (including phenoxy) is 1. The highest BCUT2D eigenvalue weighted by Crippen LogP contribution is 2.63. The van der Waals surface area contributed by atoms with Crippen molar-refractivity contribution in [1.29, 1.82) is 0 Å². The van der Waals surface area contributed by atoms with Crippen LogP contribution in [-0.2, 0) is 11.3 Å². The van der Waals surface area contributed by atoms with Crippen LogP contribution < -0.4 is 0 Å². The first kappa shape index (κ1) is 19.8. The van der Waals surface area contributed by atoms with Crippen molar-refractivity contribution >= 4 is 0 Å². The molecule has 146 valence electrons. The topological polar surface area (TPSA) is 52.9 Å². The van der Waals surface area contributed by atoms with E-state index in [1.807, 2.05) is 18.2 Å². The number of hydrogen-bond donors (Lipinski definition) is 2. The van der Waals surface area contributed by atoms with Crippen LogP contribution in [0.5, 0.6) is 0 Å². The minimum absolute atomic E-state index is 0.0931. The Morgan fingerprint density at radius 3 is 2.58 bits per heavy atom. The van der Waals surface area contributed by atoms with E-state index in [9.17, 15) is 10.2 Å². The van der Waals surface area contributed by atoms with Crippen LogP contribution >= 0.6 is 0 Å². The van der Waals surface area contributed by atoms with Gasteiger partial charge in [-0.05, 0) is 41.6 Å². The van der Waals surface area contributed by atoms with Crippen molar-refractivity contribution in [2.45, 2.75) is 58.8 Å². The lowest BCUT2D eigenvalue weighted by molar-refractivity contribution is -0.113. The lowest BCUT2D eigenvalue weighted by atomic mass is 9.70. The van der Waals surface area contributed by atoms with Gasteiger partial charge in [-0.2, -0.15) is 0 Å². The average molecular weight is 362 g/mol. The van der Waals surface area contributed by atoms with Gasteiger partial charge in [-0.15, -0.1) is 0 Å². The second-order valence-electron chi connectivity index (χ2n) is 9.23. The summed E-state index contributed by atoms with van der Waals surface area (Å²) in [5.74, 6) is 0.749. The maximum Gasteiger partial charge on any atom is 0.0900 e. The number of aliphatic hydroxyl groups is 2. The van der Waals surface area contributed by atoms with Gasteiger partial charge in [0.05, 0.1) is 25.4 Å². The third-order valence-electron chi connectivity index (χ3n) is 6.73. The smallest absolute Gasteiger partial charge is 0.0900 e. The first-order valence-electron chi connectivity index (χ1n) is 10.0. The molecular weight excluding hydrogens is 326 g/mol. The molecule has 0 aromatic heterocycles. The molecule has 0 heterocycles. The molecule has 0 aliphatic heterocycles. The van der Waals surface area contributed by atoms with Crippen LogP contribution in [0.25, 0.3) is 0 Å². The van der Waals surface area contributed by atoms with Crippen LogP contribution in [0.4, 0.5) is 0 Å². The quantitative estimate of drug-likeness (QED) is 0.710. The first-order chi connectivity index (χ1) is 12.3. The number of rotatable bonds is 9. The van der Waals surface area contributed by atoms with Crippen LogP contribution in [0.2, 0.25) is 0 Å². The van der Waals surface area contributed by atoms with E-state index in [0.29, 0.717) is 19.7 Å². The summed E-state index contributed by atoms with van der Waals surface area (Å²) in [5, 5.41) is 19.9. The Balaban J connectivity index is 1.53. The minimum atomic E-state index is -0.538. The summed E-state index contributed by atoms with van der Waals surface area (Å²) in [4.78, 5) is 2.09. The van der Waals surface area contributed by atoms with E-state index in [4.69, 9.17) is 4.74 Å². The largest absolute Gasteiger partial charge is 0.395 e. The molecule has 4 heteroatoms. The van der Waals surface area contributed by atoms with E-state index in [1.165, 1.54) is 24.8 Å². The lowest BCUT2D eigenvalue weighted by Gasteiger charge is -2.42. The predicted octanol–water partition coefficient (Wildman–Crippen LogP) is 3.07.